The Morgan fingerprint density at radius 3 is 2.52 bits per heavy atom. The van der Waals surface area contributed by atoms with Crippen molar-refractivity contribution in [3.05, 3.63) is 53.6 Å². The number of phenolic OH excluding ortho intramolecular Hbond substituents is 2. The fraction of sp³-hybridized carbons (Fsp3) is 0.188. The Balaban J connectivity index is 2.20. The number of nitrogens with zero attached hydrogens (tertiary/aromatic N) is 1. The first-order valence-corrected chi connectivity index (χ1v) is 6.67. The van der Waals surface area contributed by atoms with Gasteiger partial charge >= 0.3 is 0 Å². The summed E-state index contributed by atoms with van der Waals surface area (Å²) < 4.78 is 0. The molecule has 2 aromatic carbocycles. The van der Waals surface area contributed by atoms with Gasteiger partial charge in [-0.1, -0.05) is 12.1 Å². The quantitative estimate of drug-likeness (QED) is 0.594. The average Bonchev–Trinajstić information content (AvgIpc) is 2.47. The Hall–Kier alpha value is -2.69. The lowest BCUT2D eigenvalue weighted by atomic mass is 10.1. The molecule has 0 radical (unpaired) electrons. The molecule has 0 saturated heterocycles. The van der Waals surface area contributed by atoms with Crippen molar-refractivity contribution in [2.75, 3.05) is 12.3 Å². The third-order valence-corrected chi connectivity index (χ3v) is 3.22. The van der Waals surface area contributed by atoms with Crippen LogP contribution < -0.4 is 5.73 Å². The maximum atomic E-state index is 12.4. The normalized spacial score (nSPS) is 10.3. The van der Waals surface area contributed by atoms with Gasteiger partial charge in [0.2, 0.25) is 0 Å². The fourth-order valence-electron chi connectivity index (χ4n) is 2.08. The van der Waals surface area contributed by atoms with Crippen molar-refractivity contribution in [2.24, 2.45) is 0 Å². The topological polar surface area (TPSA) is 86.8 Å². The van der Waals surface area contributed by atoms with Crippen LogP contribution in [0.1, 0.15) is 22.8 Å². The van der Waals surface area contributed by atoms with Gasteiger partial charge in [0.25, 0.3) is 5.91 Å². The molecule has 5 nitrogen and oxygen atoms in total. The highest BCUT2D eigenvalue weighted by Crippen LogP contribution is 2.25. The summed E-state index contributed by atoms with van der Waals surface area (Å²) >= 11 is 0. The number of hydrogen-bond acceptors (Lipinski definition) is 4. The first-order valence-electron chi connectivity index (χ1n) is 6.67. The van der Waals surface area contributed by atoms with E-state index in [9.17, 15) is 15.0 Å². The number of hydrogen-bond donors (Lipinski definition) is 3. The number of anilines is 1. The molecule has 0 atom stereocenters. The molecule has 21 heavy (non-hydrogen) atoms. The van der Waals surface area contributed by atoms with Crippen molar-refractivity contribution < 1.29 is 15.0 Å². The van der Waals surface area contributed by atoms with Gasteiger partial charge in [0, 0.05) is 24.3 Å². The average molecular weight is 286 g/mol. The summed E-state index contributed by atoms with van der Waals surface area (Å²) in [5.41, 5.74) is 7.65. The summed E-state index contributed by atoms with van der Waals surface area (Å²) in [6, 6.07) is 11.4. The van der Waals surface area contributed by atoms with Gasteiger partial charge in [0.1, 0.15) is 0 Å². The molecular formula is C16H18N2O3. The molecule has 0 bridgehead atoms. The van der Waals surface area contributed by atoms with Crippen molar-refractivity contribution in [3.63, 3.8) is 0 Å². The molecule has 4 N–H and O–H groups in total. The summed E-state index contributed by atoms with van der Waals surface area (Å²) in [6.45, 7) is 2.84. The molecule has 1 amide bonds. The monoisotopic (exact) mass is 286 g/mol. The molecule has 0 heterocycles. The lowest BCUT2D eigenvalue weighted by molar-refractivity contribution is 0.0752. The Morgan fingerprint density at radius 2 is 1.90 bits per heavy atom. The highest BCUT2D eigenvalue weighted by Gasteiger charge is 2.16. The summed E-state index contributed by atoms with van der Waals surface area (Å²) in [5, 5.41) is 18.8. The van der Waals surface area contributed by atoms with Crippen molar-refractivity contribution in [1.29, 1.82) is 0 Å². The summed E-state index contributed by atoms with van der Waals surface area (Å²) in [4.78, 5) is 14.1. The second kappa shape index (κ2) is 6.17. The standard InChI is InChI=1S/C16H18N2O3/c1-2-18(10-11-4-3-5-13(17)8-11)16(21)12-6-7-14(19)15(20)9-12/h3-9,19-20H,2,10,17H2,1H3. The van der Waals surface area contributed by atoms with Crippen molar-refractivity contribution in [1.82, 2.24) is 4.90 Å². The zero-order valence-corrected chi connectivity index (χ0v) is 11.8. The number of rotatable bonds is 4. The second-order valence-electron chi connectivity index (χ2n) is 4.77. The lowest BCUT2D eigenvalue weighted by Gasteiger charge is -2.21. The smallest absolute Gasteiger partial charge is 0.254 e. The predicted molar refractivity (Wildman–Crippen MR) is 81.0 cm³/mol. The number of phenols is 2. The molecule has 0 spiro atoms. The van der Waals surface area contributed by atoms with Crippen LogP contribution >= 0.6 is 0 Å². The predicted octanol–water partition coefficient (Wildman–Crippen LogP) is 2.34. The molecule has 5 heteroatoms. The molecule has 2 rings (SSSR count). The number of nitrogen functional groups attached to an aromatic ring is 1. The van der Waals surface area contributed by atoms with E-state index in [4.69, 9.17) is 5.73 Å². The van der Waals surface area contributed by atoms with E-state index in [1.807, 2.05) is 25.1 Å². The van der Waals surface area contributed by atoms with Gasteiger partial charge < -0.3 is 20.8 Å². The summed E-state index contributed by atoms with van der Waals surface area (Å²) in [5.74, 6) is -0.762. The van der Waals surface area contributed by atoms with Crippen LogP contribution in [0.2, 0.25) is 0 Å². The van der Waals surface area contributed by atoms with E-state index in [0.717, 1.165) is 5.56 Å². The fourth-order valence-corrected chi connectivity index (χ4v) is 2.08. The minimum atomic E-state index is -0.305. The first-order chi connectivity index (χ1) is 10.0. The molecule has 0 aliphatic heterocycles. The number of aromatic hydroxyl groups is 2. The molecule has 0 aliphatic rings. The van der Waals surface area contributed by atoms with Crippen LogP contribution in [0.4, 0.5) is 5.69 Å². The zero-order chi connectivity index (χ0) is 15.4. The van der Waals surface area contributed by atoms with Crippen molar-refractivity contribution in [2.45, 2.75) is 13.5 Å². The Bertz CT molecular complexity index is 656. The van der Waals surface area contributed by atoms with Gasteiger partial charge in [-0.2, -0.15) is 0 Å². The first kappa shape index (κ1) is 14.7. The number of nitrogens with two attached hydrogens (primary N) is 1. The van der Waals surface area contributed by atoms with Crippen molar-refractivity contribution in [3.8, 4) is 11.5 Å². The van der Waals surface area contributed by atoms with Gasteiger partial charge in [-0.15, -0.1) is 0 Å². The maximum absolute atomic E-state index is 12.4. The molecular weight excluding hydrogens is 268 g/mol. The van der Waals surface area contributed by atoms with Gasteiger partial charge in [-0.25, -0.2) is 0 Å². The van der Waals surface area contributed by atoms with Gasteiger partial charge in [0.05, 0.1) is 0 Å². The van der Waals surface area contributed by atoms with E-state index in [1.54, 1.807) is 11.0 Å². The van der Waals surface area contributed by atoms with Crippen LogP contribution in [0.15, 0.2) is 42.5 Å². The van der Waals surface area contributed by atoms with Gasteiger partial charge in [-0.3, -0.25) is 4.79 Å². The van der Waals surface area contributed by atoms with E-state index in [-0.39, 0.29) is 17.4 Å². The van der Waals surface area contributed by atoms with Crippen LogP contribution in [-0.4, -0.2) is 27.6 Å². The Kier molecular flexibility index (Phi) is 4.33. The van der Waals surface area contributed by atoms with Crippen LogP contribution in [0.25, 0.3) is 0 Å². The molecule has 2 aromatic rings. The van der Waals surface area contributed by atoms with Crippen LogP contribution in [0.3, 0.4) is 0 Å². The molecule has 0 unspecified atom stereocenters. The van der Waals surface area contributed by atoms with E-state index in [2.05, 4.69) is 0 Å². The largest absolute Gasteiger partial charge is 0.504 e. The SMILES string of the molecule is CCN(Cc1cccc(N)c1)C(=O)c1ccc(O)c(O)c1. The second-order valence-corrected chi connectivity index (χ2v) is 4.77. The molecule has 0 saturated carbocycles. The third-order valence-electron chi connectivity index (χ3n) is 3.22. The molecule has 0 aromatic heterocycles. The number of benzene rings is 2. The van der Waals surface area contributed by atoms with Crippen LogP contribution in [0.5, 0.6) is 11.5 Å². The van der Waals surface area contributed by atoms with Crippen LogP contribution in [-0.2, 0) is 6.54 Å². The summed E-state index contributed by atoms with van der Waals surface area (Å²) in [7, 11) is 0. The van der Waals surface area contributed by atoms with Crippen LogP contribution in [0, 0.1) is 0 Å². The van der Waals surface area contributed by atoms with E-state index >= 15 is 0 Å². The highest BCUT2D eigenvalue weighted by atomic mass is 16.3. The number of carbonyl (C=O) groups excluding carboxylic acids is 1. The molecule has 0 fully saturated rings. The Morgan fingerprint density at radius 1 is 1.14 bits per heavy atom. The summed E-state index contributed by atoms with van der Waals surface area (Å²) in [6.07, 6.45) is 0. The molecule has 110 valence electrons. The van der Waals surface area contributed by atoms with E-state index in [0.29, 0.717) is 24.3 Å². The minimum absolute atomic E-state index is 0.213. The minimum Gasteiger partial charge on any atom is -0.504 e. The number of amides is 1. The Labute approximate surface area is 123 Å². The van der Waals surface area contributed by atoms with Gasteiger partial charge in [-0.05, 0) is 42.8 Å². The zero-order valence-electron chi connectivity index (χ0n) is 11.8. The van der Waals surface area contributed by atoms with Gasteiger partial charge in [0.15, 0.2) is 11.5 Å². The van der Waals surface area contributed by atoms with Crippen molar-refractivity contribution >= 4 is 11.6 Å². The van der Waals surface area contributed by atoms with E-state index < -0.39 is 0 Å². The third kappa shape index (κ3) is 3.45. The maximum Gasteiger partial charge on any atom is 0.254 e. The molecule has 0 aliphatic carbocycles. The lowest BCUT2D eigenvalue weighted by Crippen LogP contribution is -2.30. The highest BCUT2D eigenvalue weighted by molar-refractivity contribution is 5.94. The van der Waals surface area contributed by atoms with E-state index in [1.165, 1.54) is 18.2 Å². The number of carbonyl (C=O) groups is 1.